The Morgan fingerprint density at radius 2 is 1.73 bits per heavy atom. The zero-order chi connectivity index (χ0) is 18.9. The van der Waals surface area contributed by atoms with Gasteiger partial charge < -0.3 is 15.4 Å². The van der Waals surface area contributed by atoms with Gasteiger partial charge in [-0.05, 0) is 37.1 Å². The summed E-state index contributed by atoms with van der Waals surface area (Å²) < 4.78 is 5.16. The number of hydrogen-bond acceptors (Lipinski definition) is 4. The number of hydrogen-bond donors (Lipinski definition) is 2. The van der Waals surface area contributed by atoms with Crippen molar-refractivity contribution in [2.45, 2.75) is 33.0 Å². The second-order valence-corrected chi connectivity index (χ2v) is 6.09. The molecule has 0 aromatic heterocycles. The molecule has 0 bridgehead atoms. The van der Waals surface area contributed by atoms with E-state index in [0.717, 1.165) is 16.9 Å². The van der Waals surface area contributed by atoms with E-state index in [1.165, 1.54) is 12.1 Å². The van der Waals surface area contributed by atoms with Gasteiger partial charge in [0.2, 0.25) is 0 Å². The van der Waals surface area contributed by atoms with Crippen LogP contribution in [0.3, 0.4) is 0 Å². The van der Waals surface area contributed by atoms with E-state index in [4.69, 9.17) is 4.74 Å². The Kier molecular flexibility index (Phi) is 6.96. The highest BCUT2D eigenvalue weighted by Crippen LogP contribution is 2.13. The molecule has 2 rings (SSSR count). The molecule has 138 valence electrons. The first-order chi connectivity index (χ1) is 12.5. The molecule has 0 aliphatic heterocycles. The van der Waals surface area contributed by atoms with Crippen LogP contribution in [0.1, 0.15) is 25.0 Å². The predicted octanol–water partition coefficient (Wildman–Crippen LogP) is 3.25. The molecule has 2 N–H and O–H groups in total. The molecule has 7 nitrogen and oxygen atoms in total. The molecular formula is C19H24N4O3. The lowest BCUT2D eigenvalue weighted by atomic mass is 10.2. The maximum absolute atomic E-state index is 10.7. The molecule has 2 aromatic rings. The van der Waals surface area contributed by atoms with Gasteiger partial charge >= 0.3 is 0 Å². The van der Waals surface area contributed by atoms with Gasteiger partial charge in [-0.2, -0.15) is 0 Å². The minimum atomic E-state index is -0.404. The number of aliphatic imine (C=N–C) groups is 1. The lowest BCUT2D eigenvalue weighted by molar-refractivity contribution is -0.384. The van der Waals surface area contributed by atoms with Crippen molar-refractivity contribution < 1.29 is 9.66 Å². The largest absolute Gasteiger partial charge is 0.497 e. The average Bonchev–Trinajstić information content (AvgIpc) is 2.64. The van der Waals surface area contributed by atoms with Crippen LogP contribution in [-0.2, 0) is 13.1 Å². The summed E-state index contributed by atoms with van der Waals surface area (Å²) >= 11 is 0. The van der Waals surface area contributed by atoms with E-state index in [1.54, 1.807) is 19.2 Å². The lowest BCUT2D eigenvalue weighted by Gasteiger charge is -2.15. The Hall–Kier alpha value is -3.09. The third-order valence-electron chi connectivity index (χ3n) is 3.61. The second-order valence-electron chi connectivity index (χ2n) is 6.09. The van der Waals surface area contributed by atoms with Gasteiger partial charge in [-0.3, -0.25) is 10.1 Å². The van der Waals surface area contributed by atoms with Crippen molar-refractivity contribution >= 4 is 11.6 Å². The van der Waals surface area contributed by atoms with Crippen LogP contribution >= 0.6 is 0 Å². The number of rotatable bonds is 7. The molecule has 2 aromatic carbocycles. The molecule has 0 radical (unpaired) electrons. The molecule has 0 aliphatic carbocycles. The quantitative estimate of drug-likeness (QED) is 0.344. The first-order valence-electron chi connectivity index (χ1n) is 8.39. The van der Waals surface area contributed by atoms with Gasteiger partial charge in [0.15, 0.2) is 5.96 Å². The van der Waals surface area contributed by atoms with Gasteiger partial charge in [-0.1, -0.05) is 24.3 Å². The van der Waals surface area contributed by atoms with Crippen molar-refractivity contribution in [1.29, 1.82) is 0 Å². The van der Waals surface area contributed by atoms with Gasteiger partial charge in [0.1, 0.15) is 5.75 Å². The molecule has 0 atom stereocenters. The smallest absolute Gasteiger partial charge is 0.269 e. The van der Waals surface area contributed by atoms with Crippen LogP contribution in [0.5, 0.6) is 5.75 Å². The number of nitro groups is 1. The van der Waals surface area contributed by atoms with Crippen molar-refractivity contribution in [1.82, 2.24) is 10.6 Å². The number of ether oxygens (including phenoxy) is 1. The second kappa shape index (κ2) is 9.41. The number of guanidine groups is 1. The van der Waals surface area contributed by atoms with Crippen LogP contribution in [0.15, 0.2) is 53.5 Å². The van der Waals surface area contributed by atoms with Crippen LogP contribution in [0, 0.1) is 10.1 Å². The summed E-state index contributed by atoms with van der Waals surface area (Å²) in [5.41, 5.74) is 2.10. The fourth-order valence-corrected chi connectivity index (χ4v) is 2.25. The van der Waals surface area contributed by atoms with E-state index >= 15 is 0 Å². The minimum Gasteiger partial charge on any atom is -0.497 e. The number of nitrogens with one attached hydrogen (secondary N) is 2. The van der Waals surface area contributed by atoms with Gasteiger partial charge in [-0.25, -0.2) is 4.99 Å². The predicted molar refractivity (Wildman–Crippen MR) is 102 cm³/mol. The van der Waals surface area contributed by atoms with Crippen molar-refractivity contribution in [3.8, 4) is 5.75 Å². The van der Waals surface area contributed by atoms with Crippen LogP contribution in [-0.4, -0.2) is 24.0 Å². The molecule has 7 heteroatoms. The maximum Gasteiger partial charge on any atom is 0.269 e. The highest BCUT2D eigenvalue weighted by Gasteiger charge is 2.05. The summed E-state index contributed by atoms with van der Waals surface area (Å²) in [5, 5.41) is 17.2. The standard InChI is InChI=1S/C19H24N4O3/c1-14(2)22-19(21-13-16-6-10-18(26-3)11-7-16)20-12-15-4-8-17(9-5-15)23(24)25/h4-11,14H,12-13H2,1-3H3,(H2,20,21,22). The molecule has 0 unspecified atom stereocenters. The highest BCUT2D eigenvalue weighted by molar-refractivity contribution is 5.80. The monoisotopic (exact) mass is 356 g/mol. The average molecular weight is 356 g/mol. The number of nitro benzene ring substituents is 1. The molecule has 0 saturated heterocycles. The molecule has 0 aliphatic rings. The fraction of sp³-hybridized carbons (Fsp3) is 0.316. The Labute approximate surface area is 153 Å². The first kappa shape index (κ1) is 19.2. The SMILES string of the molecule is COc1ccc(CN=C(NCc2ccc([N+](=O)[O-])cc2)NC(C)C)cc1. The molecule has 26 heavy (non-hydrogen) atoms. The number of methoxy groups -OCH3 is 1. The third-order valence-corrected chi connectivity index (χ3v) is 3.61. The molecule has 0 saturated carbocycles. The highest BCUT2D eigenvalue weighted by atomic mass is 16.6. The summed E-state index contributed by atoms with van der Waals surface area (Å²) in [6, 6.07) is 14.5. The maximum atomic E-state index is 10.7. The van der Waals surface area contributed by atoms with Crippen molar-refractivity contribution in [3.05, 3.63) is 69.8 Å². The van der Waals surface area contributed by atoms with Crippen LogP contribution in [0.25, 0.3) is 0 Å². The Balaban J connectivity index is 1.99. The van der Waals surface area contributed by atoms with E-state index in [2.05, 4.69) is 15.6 Å². The van der Waals surface area contributed by atoms with Crippen LogP contribution < -0.4 is 15.4 Å². The molecular weight excluding hydrogens is 332 g/mol. The minimum absolute atomic E-state index is 0.0856. The van der Waals surface area contributed by atoms with Gasteiger partial charge in [-0.15, -0.1) is 0 Å². The Morgan fingerprint density at radius 3 is 2.27 bits per heavy atom. The topological polar surface area (TPSA) is 88.8 Å². The summed E-state index contributed by atoms with van der Waals surface area (Å²) in [6.07, 6.45) is 0. The summed E-state index contributed by atoms with van der Waals surface area (Å²) in [7, 11) is 1.64. The zero-order valence-corrected chi connectivity index (χ0v) is 15.2. The van der Waals surface area contributed by atoms with E-state index in [9.17, 15) is 10.1 Å². The van der Waals surface area contributed by atoms with Crippen molar-refractivity contribution in [3.63, 3.8) is 0 Å². The third kappa shape index (κ3) is 6.08. The van der Waals surface area contributed by atoms with E-state index in [1.807, 2.05) is 38.1 Å². The van der Waals surface area contributed by atoms with E-state index in [0.29, 0.717) is 19.0 Å². The van der Waals surface area contributed by atoms with Crippen molar-refractivity contribution in [2.75, 3.05) is 7.11 Å². The fourth-order valence-electron chi connectivity index (χ4n) is 2.25. The first-order valence-corrected chi connectivity index (χ1v) is 8.39. The van der Waals surface area contributed by atoms with E-state index < -0.39 is 4.92 Å². The lowest BCUT2D eigenvalue weighted by Crippen LogP contribution is -2.40. The van der Waals surface area contributed by atoms with Gasteiger partial charge in [0, 0.05) is 24.7 Å². The number of non-ortho nitro benzene ring substituents is 1. The van der Waals surface area contributed by atoms with Gasteiger partial charge in [0.05, 0.1) is 18.6 Å². The number of benzene rings is 2. The number of nitrogens with zero attached hydrogens (tertiary/aromatic N) is 2. The van der Waals surface area contributed by atoms with Crippen LogP contribution in [0.2, 0.25) is 0 Å². The van der Waals surface area contributed by atoms with E-state index in [-0.39, 0.29) is 11.7 Å². The van der Waals surface area contributed by atoms with Gasteiger partial charge in [0.25, 0.3) is 5.69 Å². The Morgan fingerprint density at radius 1 is 1.12 bits per heavy atom. The Bertz CT molecular complexity index is 740. The van der Waals surface area contributed by atoms with Crippen molar-refractivity contribution in [2.24, 2.45) is 4.99 Å². The summed E-state index contributed by atoms with van der Waals surface area (Å²) in [4.78, 5) is 14.9. The molecule has 0 heterocycles. The molecule has 0 amide bonds. The summed E-state index contributed by atoms with van der Waals surface area (Å²) in [6.45, 7) is 5.14. The molecule has 0 fully saturated rings. The summed E-state index contributed by atoms with van der Waals surface area (Å²) in [5.74, 6) is 1.50. The normalized spacial score (nSPS) is 11.3. The molecule has 0 spiro atoms. The zero-order valence-electron chi connectivity index (χ0n) is 15.2. The van der Waals surface area contributed by atoms with Crippen LogP contribution in [0.4, 0.5) is 5.69 Å².